The Morgan fingerprint density at radius 1 is 0.233 bits per heavy atom. The van der Waals surface area contributed by atoms with Gasteiger partial charge in [-0.3, -0.25) is 0 Å². The molecule has 0 N–H and O–H groups in total. The molecular weight excluding hydrogens is 518 g/mol. The van der Waals surface area contributed by atoms with E-state index in [1.54, 1.807) is 0 Å². The number of fused-ring (bicyclic) bond motifs is 13. The highest BCUT2D eigenvalue weighted by molar-refractivity contribution is 6.26. The summed E-state index contributed by atoms with van der Waals surface area (Å²) in [6.45, 7) is 0. The maximum absolute atomic E-state index is 2.47. The highest BCUT2D eigenvalue weighted by Gasteiger charge is 2.13. The number of hydrogen-bond acceptors (Lipinski definition) is 0. The molecule has 0 bridgehead atoms. The summed E-state index contributed by atoms with van der Waals surface area (Å²) in [7, 11) is 0. The monoisotopic (exact) mass is 545 g/mol. The molecule has 1 heteroatoms. The number of hydrogen-bond donors (Lipinski definition) is 0. The van der Waals surface area contributed by atoms with Crippen molar-refractivity contribution < 1.29 is 0 Å². The minimum Gasteiger partial charge on any atom is -0.309 e. The SMILES string of the molecule is c1ccc2c(c1)c1ccccc1c1cc(-n3c4ccccc4c4ccccc4c4ccccc4c4ccccc43)ccc21. The van der Waals surface area contributed by atoms with Gasteiger partial charge in [0.05, 0.1) is 11.0 Å². The van der Waals surface area contributed by atoms with E-state index in [4.69, 9.17) is 0 Å². The van der Waals surface area contributed by atoms with Gasteiger partial charge < -0.3 is 4.57 Å². The summed E-state index contributed by atoms with van der Waals surface area (Å²) in [5, 5.41) is 15.1. The molecule has 1 nitrogen and oxygen atoms in total. The normalized spacial score (nSPS) is 11.7. The van der Waals surface area contributed by atoms with Crippen molar-refractivity contribution in [3.05, 3.63) is 164 Å². The van der Waals surface area contributed by atoms with Crippen LogP contribution in [0.1, 0.15) is 0 Å². The Labute approximate surface area is 249 Å². The maximum Gasteiger partial charge on any atom is 0.0540 e. The second-order valence-corrected chi connectivity index (χ2v) is 11.3. The molecule has 8 aromatic carbocycles. The zero-order chi connectivity index (χ0) is 28.3. The number of aromatic nitrogens is 1. The first-order valence-corrected chi connectivity index (χ1v) is 14.9. The van der Waals surface area contributed by atoms with E-state index in [9.17, 15) is 0 Å². The van der Waals surface area contributed by atoms with Crippen LogP contribution in [0, 0.1) is 0 Å². The molecule has 0 saturated heterocycles. The van der Waals surface area contributed by atoms with E-state index >= 15 is 0 Å². The fraction of sp³-hybridized carbons (Fsp3) is 0. The second-order valence-electron chi connectivity index (χ2n) is 11.3. The number of rotatable bonds is 1. The maximum atomic E-state index is 2.47. The van der Waals surface area contributed by atoms with E-state index in [1.165, 1.54) is 75.7 Å². The van der Waals surface area contributed by atoms with Gasteiger partial charge in [-0.25, -0.2) is 0 Å². The summed E-state index contributed by atoms with van der Waals surface area (Å²) in [5.41, 5.74) is 3.48. The van der Waals surface area contributed by atoms with Gasteiger partial charge in [0.15, 0.2) is 0 Å². The van der Waals surface area contributed by atoms with Crippen LogP contribution >= 0.6 is 0 Å². The summed E-state index contributed by atoms with van der Waals surface area (Å²) >= 11 is 0. The number of benzene rings is 8. The Hall–Kier alpha value is -5.66. The van der Waals surface area contributed by atoms with Gasteiger partial charge in [-0.05, 0) is 78.1 Å². The Morgan fingerprint density at radius 2 is 0.512 bits per heavy atom. The van der Waals surface area contributed by atoms with Crippen LogP contribution in [0.5, 0.6) is 0 Å². The lowest BCUT2D eigenvalue weighted by atomic mass is 9.94. The van der Waals surface area contributed by atoms with Crippen molar-refractivity contribution >= 4 is 75.7 Å². The summed E-state index contributed by atoms with van der Waals surface area (Å²) in [4.78, 5) is 0. The molecular formula is C42H27N. The highest BCUT2D eigenvalue weighted by Crippen LogP contribution is 2.38. The van der Waals surface area contributed by atoms with E-state index in [1.807, 2.05) is 0 Å². The predicted molar refractivity (Wildman–Crippen MR) is 186 cm³/mol. The van der Waals surface area contributed by atoms with Crippen LogP contribution in [-0.2, 0) is 0 Å². The third kappa shape index (κ3) is 3.58. The molecule has 0 aliphatic heterocycles. The van der Waals surface area contributed by atoms with E-state index < -0.39 is 0 Å². The van der Waals surface area contributed by atoms with Crippen LogP contribution in [0.25, 0.3) is 81.4 Å². The molecule has 0 unspecified atom stereocenters. The third-order valence-corrected chi connectivity index (χ3v) is 9.00. The molecule has 1 aromatic heterocycles. The summed E-state index contributed by atoms with van der Waals surface area (Å²) < 4.78 is 2.47. The number of para-hydroxylation sites is 2. The molecule has 0 aliphatic carbocycles. The van der Waals surface area contributed by atoms with Crippen LogP contribution in [0.3, 0.4) is 0 Å². The smallest absolute Gasteiger partial charge is 0.0540 e. The lowest BCUT2D eigenvalue weighted by Crippen LogP contribution is -1.98. The largest absolute Gasteiger partial charge is 0.309 e. The van der Waals surface area contributed by atoms with E-state index in [2.05, 4.69) is 168 Å². The van der Waals surface area contributed by atoms with Crippen molar-refractivity contribution in [1.29, 1.82) is 0 Å². The van der Waals surface area contributed by atoms with Gasteiger partial charge in [-0.2, -0.15) is 0 Å². The fourth-order valence-corrected chi connectivity index (χ4v) is 7.14. The third-order valence-electron chi connectivity index (χ3n) is 9.00. The molecule has 0 fully saturated rings. The Balaban J connectivity index is 1.56. The zero-order valence-corrected chi connectivity index (χ0v) is 23.5. The second kappa shape index (κ2) is 9.44. The molecule has 0 aliphatic rings. The summed E-state index contributed by atoms with van der Waals surface area (Å²) in [6.07, 6.45) is 0. The van der Waals surface area contributed by atoms with Crippen molar-refractivity contribution in [2.45, 2.75) is 0 Å². The minimum absolute atomic E-state index is 1.14. The van der Waals surface area contributed by atoms with E-state index in [0.29, 0.717) is 0 Å². The molecule has 0 saturated carbocycles. The van der Waals surface area contributed by atoms with Gasteiger partial charge in [-0.15, -0.1) is 0 Å². The highest BCUT2D eigenvalue weighted by atomic mass is 15.0. The topological polar surface area (TPSA) is 4.93 Å². The van der Waals surface area contributed by atoms with Crippen LogP contribution in [0.2, 0.25) is 0 Å². The molecule has 0 spiro atoms. The molecule has 0 amide bonds. The van der Waals surface area contributed by atoms with Gasteiger partial charge in [-0.1, -0.05) is 140 Å². The first-order chi connectivity index (χ1) is 21.4. The molecule has 0 radical (unpaired) electrons. The molecule has 1 heterocycles. The van der Waals surface area contributed by atoms with Crippen LogP contribution < -0.4 is 0 Å². The van der Waals surface area contributed by atoms with Crippen molar-refractivity contribution in [1.82, 2.24) is 4.57 Å². The first-order valence-electron chi connectivity index (χ1n) is 14.9. The van der Waals surface area contributed by atoms with Crippen molar-refractivity contribution in [2.75, 3.05) is 0 Å². The van der Waals surface area contributed by atoms with Crippen molar-refractivity contribution in [3.8, 4) is 5.69 Å². The molecule has 43 heavy (non-hydrogen) atoms. The summed E-state index contributed by atoms with van der Waals surface area (Å²) in [6, 6.07) is 60.0. The minimum atomic E-state index is 1.14. The molecule has 9 rings (SSSR count). The van der Waals surface area contributed by atoms with Crippen molar-refractivity contribution in [2.24, 2.45) is 0 Å². The van der Waals surface area contributed by atoms with Gasteiger partial charge in [0.1, 0.15) is 0 Å². The van der Waals surface area contributed by atoms with Gasteiger partial charge in [0.2, 0.25) is 0 Å². The lowest BCUT2D eigenvalue weighted by Gasteiger charge is -2.16. The van der Waals surface area contributed by atoms with E-state index in [0.717, 1.165) is 5.69 Å². The quantitative estimate of drug-likeness (QED) is 0.181. The fourth-order valence-electron chi connectivity index (χ4n) is 7.14. The first kappa shape index (κ1) is 24.0. The zero-order valence-electron chi connectivity index (χ0n) is 23.5. The summed E-state index contributed by atoms with van der Waals surface area (Å²) in [5.74, 6) is 0. The number of nitrogens with zero attached hydrogens (tertiary/aromatic N) is 1. The standard InChI is InChI=1S/C42H27N/c1-2-17-33-29(13-1)32-16-5-8-20-36(32)40-27-28(25-26-37(33)40)43-41-23-11-9-21-38(41)34-18-6-3-14-30(34)31-15-4-7-19-35(31)39-22-10-12-24-42(39)43/h1-27H. The van der Waals surface area contributed by atoms with Crippen LogP contribution in [-0.4, -0.2) is 4.57 Å². The Bertz CT molecular complexity index is 2480. The lowest BCUT2D eigenvalue weighted by molar-refractivity contribution is 1.18. The van der Waals surface area contributed by atoms with Gasteiger partial charge in [0.25, 0.3) is 0 Å². The molecule has 200 valence electrons. The Kier molecular flexibility index (Phi) is 5.27. The van der Waals surface area contributed by atoms with Gasteiger partial charge >= 0.3 is 0 Å². The predicted octanol–water partition coefficient (Wildman–Crippen LogP) is 11.7. The molecule has 9 aromatic rings. The average Bonchev–Trinajstić information content (AvgIpc) is 3.13. The van der Waals surface area contributed by atoms with Gasteiger partial charge in [0, 0.05) is 16.5 Å². The Morgan fingerprint density at radius 3 is 0.907 bits per heavy atom. The van der Waals surface area contributed by atoms with Crippen LogP contribution in [0.4, 0.5) is 0 Å². The average molecular weight is 546 g/mol. The van der Waals surface area contributed by atoms with E-state index in [-0.39, 0.29) is 0 Å². The van der Waals surface area contributed by atoms with Crippen molar-refractivity contribution in [3.63, 3.8) is 0 Å². The van der Waals surface area contributed by atoms with Crippen LogP contribution in [0.15, 0.2) is 164 Å². The molecule has 0 atom stereocenters.